The van der Waals surface area contributed by atoms with Gasteiger partial charge in [0.25, 0.3) is 5.56 Å². The van der Waals surface area contributed by atoms with E-state index in [9.17, 15) is 14.4 Å². The molecule has 0 radical (unpaired) electrons. The highest BCUT2D eigenvalue weighted by Gasteiger charge is 2.32. The SMILES string of the molecule is CC.CCCCc1ccc(C2=NC(CC(=O)NCCCOCCCOc3ccc4ncc(-n5ccc(=O)[nH]c5=O)cc4c3)c3nnc(C)n3-c3sc(C)c(C)c32)cc1.[HH].[HH]. The van der Waals surface area contributed by atoms with Crippen molar-refractivity contribution in [3.05, 3.63) is 127 Å². The van der Waals surface area contributed by atoms with Gasteiger partial charge in [0.1, 0.15) is 22.6 Å². The highest BCUT2D eigenvalue weighted by atomic mass is 32.1. The summed E-state index contributed by atoms with van der Waals surface area (Å²) < 4.78 is 15.2. The van der Waals surface area contributed by atoms with Crippen molar-refractivity contribution in [2.24, 2.45) is 4.99 Å². The summed E-state index contributed by atoms with van der Waals surface area (Å²) in [5.41, 5.74) is 5.79. The maximum Gasteiger partial charge on any atom is 0.332 e. The molecule has 58 heavy (non-hydrogen) atoms. The zero-order valence-corrected chi connectivity index (χ0v) is 34.9. The summed E-state index contributed by atoms with van der Waals surface area (Å²) >= 11 is 1.71. The summed E-state index contributed by atoms with van der Waals surface area (Å²) in [5.74, 6) is 2.02. The number of thiophene rings is 1. The van der Waals surface area contributed by atoms with E-state index in [-0.39, 0.29) is 15.2 Å². The molecule has 14 heteroatoms. The van der Waals surface area contributed by atoms with Crippen LogP contribution in [0.15, 0.2) is 81.6 Å². The lowest BCUT2D eigenvalue weighted by Gasteiger charge is -2.13. The highest BCUT2D eigenvalue weighted by molar-refractivity contribution is 7.15. The van der Waals surface area contributed by atoms with Crippen LogP contribution in [0.25, 0.3) is 21.6 Å². The van der Waals surface area contributed by atoms with Crippen LogP contribution in [0.4, 0.5) is 0 Å². The first kappa shape index (κ1) is 41.9. The van der Waals surface area contributed by atoms with Gasteiger partial charge in [-0.1, -0.05) is 51.5 Å². The van der Waals surface area contributed by atoms with E-state index in [1.54, 1.807) is 17.5 Å². The van der Waals surface area contributed by atoms with Crippen LogP contribution in [0.5, 0.6) is 5.75 Å². The third kappa shape index (κ3) is 9.68. The molecule has 2 aromatic carbocycles. The molecule has 13 nitrogen and oxygen atoms in total. The van der Waals surface area contributed by atoms with Crippen LogP contribution in [-0.4, -0.2) is 67.3 Å². The van der Waals surface area contributed by atoms with Gasteiger partial charge in [-0.05, 0) is 75.4 Å². The molecule has 0 spiro atoms. The Morgan fingerprint density at radius 2 is 1.76 bits per heavy atom. The van der Waals surface area contributed by atoms with Crippen LogP contribution in [0, 0.1) is 20.8 Å². The number of amides is 1. The molecular weight excluding hydrogens is 753 g/mol. The topological polar surface area (TPSA) is 158 Å². The number of fused-ring (bicyclic) bond motifs is 4. The molecule has 5 heterocycles. The number of H-pyrrole nitrogens is 1. The predicted octanol–water partition coefficient (Wildman–Crippen LogP) is 7.78. The first-order valence-corrected chi connectivity index (χ1v) is 20.9. The van der Waals surface area contributed by atoms with Crippen molar-refractivity contribution in [2.75, 3.05) is 26.4 Å². The quantitative estimate of drug-likeness (QED) is 0.0939. The summed E-state index contributed by atoms with van der Waals surface area (Å²) in [6.07, 6.45) is 7.86. The molecule has 0 saturated heterocycles. The van der Waals surface area contributed by atoms with Gasteiger partial charge in [-0.3, -0.25) is 33.7 Å². The predicted molar refractivity (Wildman–Crippen MR) is 234 cm³/mol. The fraction of sp³-hybridized carbons (Fsp3) is 0.386. The van der Waals surface area contributed by atoms with Gasteiger partial charge in [-0.25, -0.2) is 4.79 Å². The molecule has 1 amide bonds. The molecular formula is C44H56N8O5S. The summed E-state index contributed by atoms with van der Waals surface area (Å²) in [6, 6.07) is 16.9. The Morgan fingerprint density at radius 1 is 0.966 bits per heavy atom. The van der Waals surface area contributed by atoms with Gasteiger partial charge in [0.05, 0.1) is 36.1 Å². The van der Waals surface area contributed by atoms with E-state index in [0.717, 1.165) is 57.8 Å². The molecule has 1 unspecified atom stereocenters. The van der Waals surface area contributed by atoms with E-state index in [1.807, 2.05) is 45.0 Å². The molecule has 308 valence electrons. The molecule has 6 aromatic rings. The molecule has 0 fully saturated rings. The standard InChI is InChI=1S/C42H46N8O5S.C2H6.2H2/c1-5-6-9-29-10-12-30(13-11-29)39-38-26(2)27(3)56-41(38)50-28(4)47-48-40(50)35(45-39)24-37(52)43-17-7-19-54-20-8-21-55-33-14-15-34-31(23-33)22-32(25-44-34)49-18-16-36(51)46-42(49)53;1-2;;/h10-16,18,22-23,25,35H,5-9,17,19-21,24H2,1-4H3,(H,43,52)(H,46,51,53);1-2H3;2*1H. The van der Waals surface area contributed by atoms with Gasteiger partial charge in [0.15, 0.2) is 5.82 Å². The van der Waals surface area contributed by atoms with E-state index in [2.05, 4.69) is 75.1 Å². The Kier molecular flexibility index (Phi) is 14.2. The number of hydrogen-bond donors (Lipinski definition) is 2. The summed E-state index contributed by atoms with van der Waals surface area (Å²) in [5, 5.41) is 13.9. The maximum absolute atomic E-state index is 13.3. The molecule has 1 aliphatic rings. The van der Waals surface area contributed by atoms with Crippen molar-refractivity contribution in [3.8, 4) is 16.4 Å². The lowest BCUT2D eigenvalue weighted by Crippen LogP contribution is -2.27. The number of benzene rings is 2. The van der Waals surface area contributed by atoms with Crippen LogP contribution in [0.2, 0.25) is 0 Å². The van der Waals surface area contributed by atoms with Crippen LogP contribution >= 0.6 is 11.3 Å². The van der Waals surface area contributed by atoms with Crippen molar-refractivity contribution in [3.63, 3.8) is 0 Å². The lowest BCUT2D eigenvalue weighted by molar-refractivity contribution is -0.121. The minimum absolute atomic E-state index is 0. The maximum atomic E-state index is 13.3. The number of hydrogen-bond acceptors (Lipinski definition) is 10. The van der Waals surface area contributed by atoms with Gasteiger partial charge in [-0.15, -0.1) is 21.5 Å². The number of carbonyl (C=O) groups is 1. The summed E-state index contributed by atoms with van der Waals surface area (Å²) in [7, 11) is 0. The second-order valence-electron chi connectivity index (χ2n) is 13.9. The monoisotopic (exact) mass is 808 g/mol. The summed E-state index contributed by atoms with van der Waals surface area (Å²) in [6.45, 7) is 14.4. The Hall–Kier alpha value is -5.73. The van der Waals surface area contributed by atoms with Crippen LogP contribution in [0.3, 0.4) is 0 Å². The Bertz CT molecular complexity index is 2510. The number of nitrogens with zero attached hydrogens (tertiary/aromatic N) is 6. The molecule has 1 atom stereocenters. The molecule has 0 aliphatic carbocycles. The number of aromatic amines is 1. The van der Waals surface area contributed by atoms with E-state index in [4.69, 9.17) is 14.5 Å². The molecule has 2 N–H and O–H groups in total. The van der Waals surface area contributed by atoms with E-state index in [1.165, 1.54) is 32.8 Å². The average Bonchev–Trinajstić information content (AvgIpc) is 3.71. The van der Waals surface area contributed by atoms with Gasteiger partial charge in [0, 0.05) is 62.7 Å². The number of carbonyl (C=O) groups excluding carboxylic acids is 1. The Labute approximate surface area is 345 Å². The number of pyridine rings is 1. The van der Waals surface area contributed by atoms with Crippen LogP contribution < -0.4 is 21.3 Å². The highest BCUT2D eigenvalue weighted by Crippen LogP contribution is 2.39. The van der Waals surface area contributed by atoms with Gasteiger partial charge in [0.2, 0.25) is 5.91 Å². The first-order chi connectivity index (χ1) is 28.2. The van der Waals surface area contributed by atoms with E-state index < -0.39 is 17.3 Å². The Balaban J connectivity index is 0.00000196. The second-order valence-corrected chi connectivity index (χ2v) is 15.2. The van der Waals surface area contributed by atoms with Crippen molar-refractivity contribution in [2.45, 2.75) is 86.1 Å². The van der Waals surface area contributed by atoms with Crippen LogP contribution in [-0.2, 0) is 16.0 Å². The molecule has 7 rings (SSSR count). The molecule has 0 saturated carbocycles. The second kappa shape index (κ2) is 19.6. The summed E-state index contributed by atoms with van der Waals surface area (Å²) in [4.78, 5) is 50.2. The molecule has 0 bridgehead atoms. The van der Waals surface area contributed by atoms with Crippen LogP contribution in [0.1, 0.15) is 101 Å². The third-order valence-corrected chi connectivity index (χ3v) is 11.1. The number of nitrogens with one attached hydrogen (secondary N) is 2. The number of unbranched alkanes of at least 4 members (excludes halogenated alkanes) is 1. The number of aryl methyl sites for hydroxylation is 3. The zero-order valence-electron chi connectivity index (χ0n) is 34.1. The van der Waals surface area contributed by atoms with Gasteiger partial charge >= 0.3 is 5.69 Å². The number of aromatic nitrogens is 6. The number of rotatable bonds is 16. The van der Waals surface area contributed by atoms with Crippen molar-refractivity contribution >= 4 is 33.9 Å². The van der Waals surface area contributed by atoms with Crippen molar-refractivity contribution < 1.29 is 17.1 Å². The van der Waals surface area contributed by atoms with Crippen molar-refractivity contribution in [1.82, 2.24) is 34.6 Å². The molecule has 1 aliphatic heterocycles. The number of aliphatic imine (C=N–C) groups is 1. The van der Waals surface area contributed by atoms with Gasteiger partial charge in [-0.2, -0.15) is 0 Å². The smallest absolute Gasteiger partial charge is 0.332 e. The normalized spacial score (nSPS) is 13.2. The Morgan fingerprint density at radius 3 is 2.53 bits per heavy atom. The van der Waals surface area contributed by atoms with Crippen molar-refractivity contribution in [1.29, 1.82) is 0 Å². The number of ether oxygens (including phenoxy) is 2. The lowest BCUT2D eigenvalue weighted by atomic mass is 9.97. The third-order valence-electron chi connectivity index (χ3n) is 9.89. The average molecular weight is 809 g/mol. The first-order valence-electron chi connectivity index (χ1n) is 20.1. The minimum atomic E-state index is -0.532. The zero-order chi connectivity index (χ0) is 41.2. The molecule has 4 aromatic heterocycles. The fourth-order valence-electron chi connectivity index (χ4n) is 6.78. The fourth-order valence-corrected chi connectivity index (χ4v) is 7.99. The van der Waals surface area contributed by atoms with Gasteiger partial charge < -0.3 is 14.8 Å². The minimum Gasteiger partial charge on any atom is -0.493 e. The largest absolute Gasteiger partial charge is 0.493 e. The van der Waals surface area contributed by atoms with E-state index in [0.29, 0.717) is 56.5 Å². The van der Waals surface area contributed by atoms with E-state index >= 15 is 0 Å².